The first-order chi connectivity index (χ1) is 8.63. The first-order valence-electron chi connectivity index (χ1n) is 6.16. The van der Waals surface area contributed by atoms with Crippen molar-refractivity contribution in [1.29, 1.82) is 0 Å². The lowest BCUT2D eigenvalue weighted by Gasteiger charge is -2.28. The summed E-state index contributed by atoms with van der Waals surface area (Å²) < 4.78 is 0. The molecule has 0 saturated carbocycles. The van der Waals surface area contributed by atoms with Crippen LogP contribution in [0.5, 0.6) is 0 Å². The quantitative estimate of drug-likeness (QED) is 0.778. The van der Waals surface area contributed by atoms with Crippen LogP contribution in [0, 0.1) is 0 Å². The molecular formula is C17H19N. The zero-order chi connectivity index (χ0) is 13.2. The molecule has 1 aliphatic rings. The Labute approximate surface area is 109 Å². The van der Waals surface area contributed by atoms with Crippen molar-refractivity contribution in [2.75, 3.05) is 0 Å². The number of hydrogen-bond acceptors (Lipinski definition) is 1. The van der Waals surface area contributed by atoms with Crippen molar-refractivity contribution in [1.82, 2.24) is 5.32 Å². The van der Waals surface area contributed by atoms with Crippen LogP contribution < -0.4 is 5.32 Å². The maximum atomic E-state index is 4.10. The fraction of sp³-hybridized carbons (Fsp3) is 0.176. The van der Waals surface area contributed by atoms with Crippen LogP contribution in [0.3, 0.4) is 0 Å². The van der Waals surface area contributed by atoms with Crippen molar-refractivity contribution in [2.24, 2.45) is 0 Å². The van der Waals surface area contributed by atoms with E-state index in [1.807, 2.05) is 31.2 Å². The lowest BCUT2D eigenvalue weighted by Crippen LogP contribution is -2.34. The van der Waals surface area contributed by atoms with Gasteiger partial charge in [-0.15, -0.1) is 0 Å². The highest BCUT2D eigenvalue weighted by Crippen LogP contribution is 2.41. The van der Waals surface area contributed by atoms with E-state index in [1.54, 1.807) is 0 Å². The smallest absolute Gasteiger partial charge is 0.0857 e. The maximum Gasteiger partial charge on any atom is 0.0857 e. The van der Waals surface area contributed by atoms with Crippen molar-refractivity contribution < 1.29 is 0 Å². The van der Waals surface area contributed by atoms with E-state index in [0.29, 0.717) is 0 Å². The monoisotopic (exact) mass is 237 g/mol. The second-order valence-corrected chi connectivity index (χ2v) is 4.63. The third-order valence-electron chi connectivity index (χ3n) is 3.46. The third kappa shape index (κ3) is 1.82. The highest BCUT2D eigenvalue weighted by molar-refractivity contribution is 5.74. The molecule has 1 heterocycles. The summed E-state index contributed by atoms with van der Waals surface area (Å²) in [7, 11) is 0. The third-order valence-corrected chi connectivity index (χ3v) is 3.46. The van der Waals surface area contributed by atoms with Gasteiger partial charge in [0.25, 0.3) is 0 Å². The molecule has 1 N–H and O–H groups in total. The standard InChI is InChI=1S/C17H19N/c1-5-7-10-14(6-2)17(4)16-12-9-8-11-15(16)13(3)18-17/h5-12,18H,2-3H2,1,4H3/b7-5-,14-10+. The van der Waals surface area contributed by atoms with Gasteiger partial charge in [-0.1, -0.05) is 61.7 Å². The lowest BCUT2D eigenvalue weighted by atomic mass is 9.84. The maximum absolute atomic E-state index is 4.10. The fourth-order valence-electron chi connectivity index (χ4n) is 2.49. The van der Waals surface area contributed by atoms with Crippen LogP contribution in [0.2, 0.25) is 0 Å². The number of hydrogen-bond donors (Lipinski definition) is 1. The van der Waals surface area contributed by atoms with E-state index in [2.05, 4.69) is 49.7 Å². The summed E-state index contributed by atoms with van der Waals surface area (Å²) >= 11 is 0. The molecule has 0 fully saturated rings. The van der Waals surface area contributed by atoms with Gasteiger partial charge in [0, 0.05) is 11.3 Å². The van der Waals surface area contributed by atoms with Gasteiger partial charge in [-0.25, -0.2) is 0 Å². The van der Waals surface area contributed by atoms with E-state index in [9.17, 15) is 0 Å². The summed E-state index contributed by atoms with van der Waals surface area (Å²) in [4.78, 5) is 0. The minimum Gasteiger partial charge on any atom is -0.372 e. The van der Waals surface area contributed by atoms with Gasteiger partial charge in [-0.3, -0.25) is 0 Å². The van der Waals surface area contributed by atoms with Crippen molar-refractivity contribution >= 4 is 5.70 Å². The largest absolute Gasteiger partial charge is 0.372 e. The van der Waals surface area contributed by atoms with E-state index < -0.39 is 0 Å². The van der Waals surface area contributed by atoms with Crippen LogP contribution in [0.25, 0.3) is 5.70 Å². The Bertz CT molecular complexity index is 548. The van der Waals surface area contributed by atoms with Crippen LogP contribution in [0.1, 0.15) is 25.0 Å². The average molecular weight is 237 g/mol. The van der Waals surface area contributed by atoms with Crippen molar-refractivity contribution in [3.8, 4) is 0 Å². The molecule has 0 spiro atoms. The molecule has 1 atom stereocenters. The summed E-state index contributed by atoms with van der Waals surface area (Å²) in [6, 6.07) is 8.36. The summed E-state index contributed by atoms with van der Waals surface area (Å²) in [5, 5.41) is 3.49. The van der Waals surface area contributed by atoms with Gasteiger partial charge < -0.3 is 5.32 Å². The van der Waals surface area contributed by atoms with Crippen LogP contribution in [-0.4, -0.2) is 0 Å². The second-order valence-electron chi connectivity index (χ2n) is 4.63. The average Bonchev–Trinajstić information content (AvgIpc) is 2.64. The van der Waals surface area contributed by atoms with Gasteiger partial charge in [-0.2, -0.15) is 0 Å². The molecule has 1 aliphatic heterocycles. The molecule has 0 saturated heterocycles. The number of nitrogens with one attached hydrogen (secondary N) is 1. The molecule has 1 nitrogen and oxygen atoms in total. The van der Waals surface area contributed by atoms with Gasteiger partial charge in [0.1, 0.15) is 0 Å². The predicted octanol–water partition coefficient (Wildman–Crippen LogP) is 4.16. The minimum absolute atomic E-state index is 0.241. The van der Waals surface area contributed by atoms with Gasteiger partial charge in [0.05, 0.1) is 5.54 Å². The molecule has 0 bridgehead atoms. The molecule has 0 amide bonds. The van der Waals surface area contributed by atoms with Crippen molar-refractivity contribution in [3.05, 3.63) is 78.4 Å². The Morgan fingerprint density at radius 1 is 1.33 bits per heavy atom. The van der Waals surface area contributed by atoms with E-state index in [0.717, 1.165) is 11.3 Å². The highest BCUT2D eigenvalue weighted by Gasteiger charge is 2.37. The summed E-state index contributed by atoms with van der Waals surface area (Å²) in [5.41, 5.74) is 4.32. The molecule has 0 radical (unpaired) electrons. The van der Waals surface area contributed by atoms with E-state index in [4.69, 9.17) is 0 Å². The van der Waals surface area contributed by atoms with Gasteiger partial charge in [0.2, 0.25) is 0 Å². The highest BCUT2D eigenvalue weighted by atomic mass is 15.0. The summed E-state index contributed by atoms with van der Waals surface area (Å²) in [6.07, 6.45) is 8.05. The molecule has 1 unspecified atom stereocenters. The number of fused-ring (bicyclic) bond motifs is 1. The van der Waals surface area contributed by atoms with Gasteiger partial charge in [0.15, 0.2) is 0 Å². The molecule has 18 heavy (non-hydrogen) atoms. The molecular weight excluding hydrogens is 218 g/mol. The molecule has 2 rings (SSSR count). The molecule has 1 aromatic carbocycles. The van der Waals surface area contributed by atoms with Gasteiger partial charge in [-0.05, 0) is 25.0 Å². The van der Waals surface area contributed by atoms with Crippen LogP contribution in [-0.2, 0) is 5.54 Å². The lowest BCUT2D eigenvalue weighted by molar-refractivity contribution is 0.542. The Morgan fingerprint density at radius 2 is 2.06 bits per heavy atom. The number of benzene rings is 1. The topological polar surface area (TPSA) is 12.0 Å². The molecule has 92 valence electrons. The molecule has 0 aromatic heterocycles. The van der Waals surface area contributed by atoms with Crippen LogP contribution >= 0.6 is 0 Å². The zero-order valence-electron chi connectivity index (χ0n) is 11.0. The Hall–Kier alpha value is -2.02. The first kappa shape index (κ1) is 12.4. The molecule has 1 heteroatoms. The minimum atomic E-state index is -0.241. The van der Waals surface area contributed by atoms with E-state index >= 15 is 0 Å². The van der Waals surface area contributed by atoms with Crippen molar-refractivity contribution in [2.45, 2.75) is 19.4 Å². The van der Waals surface area contributed by atoms with E-state index in [-0.39, 0.29) is 5.54 Å². The normalized spacial score (nSPS) is 23.0. The fourth-order valence-corrected chi connectivity index (χ4v) is 2.49. The van der Waals surface area contributed by atoms with Gasteiger partial charge >= 0.3 is 0 Å². The Morgan fingerprint density at radius 3 is 2.72 bits per heavy atom. The second kappa shape index (κ2) is 4.69. The van der Waals surface area contributed by atoms with Crippen LogP contribution in [0.4, 0.5) is 0 Å². The molecule has 1 aromatic rings. The molecule has 0 aliphatic carbocycles. The SMILES string of the molecule is C=C/C(=C\C=C/C)C1(C)NC(=C)c2ccccc21. The summed E-state index contributed by atoms with van der Waals surface area (Å²) in [6.45, 7) is 12.2. The number of allylic oxidation sites excluding steroid dienone is 3. The van der Waals surface area contributed by atoms with E-state index in [1.165, 1.54) is 11.1 Å². The Balaban J connectivity index is 2.57. The predicted molar refractivity (Wildman–Crippen MR) is 79.1 cm³/mol. The zero-order valence-corrected chi connectivity index (χ0v) is 11.0. The Kier molecular flexibility index (Phi) is 3.24. The van der Waals surface area contributed by atoms with Crippen molar-refractivity contribution in [3.63, 3.8) is 0 Å². The number of rotatable bonds is 3. The van der Waals surface area contributed by atoms with Crippen LogP contribution in [0.15, 0.2) is 67.3 Å². The first-order valence-corrected chi connectivity index (χ1v) is 6.16. The summed E-state index contributed by atoms with van der Waals surface area (Å²) in [5.74, 6) is 0.